The number of halogens is 6. The Kier molecular flexibility index (Phi) is 8.26. The number of hydrogen-bond acceptors (Lipinski definition) is 5. The van der Waals surface area contributed by atoms with Crippen molar-refractivity contribution in [2.75, 3.05) is 19.6 Å². The molecule has 34 heavy (non-hydrogen) atoms. The highest BCUT2D eigenvalue weighted by molar-refractivity contribution is 5.89. The minimum absolute atomic E-state index is 0.00613. The van der Waals surface area contributed by atoms with E-state index in [2.05, 4.69) is 5.32 Å². The number of aliphatic hydroxyl groups is 1. The van der Waals surface area contributed by atoms with Gasteiger partial charge in [-0.1, -0.05) is 13.8 Å². The fourth-order valence-electron chi connectivity index (χ4n) is 4.06. The summed E-state index contributed by atoms with van der Waals surface area (Å²) in [5.41, 5.74) is -3.85. The van der Waals surface area contributed by atoms with Crippen molar-refractivity contribution in [3.8, 4) is 0 Å². The average molecular weight is 499 g/mol. The van der Waals surface area contributed by atoms with Crippen LogP contribution >= 0.6 is 0 Å². The third-order valence-corrected chi connectivity index (χ3v) is 5.86. The fraction of sp³-hybridized carbons (Fsp3) is 0.619. The quantitative estimate of drug-likeness (QED) is 0.274. The molecular weight excluding hydrogens is 472 g/mol. The first-order valence-electron chi connectivity index (χ1n) is 10.5. The molecule has 2 amide bonds. The van der Waals surface area contributed by atoms with Gasteiger partial charge in [-0.25, -0.2) is 5.48 Å². The van der Waals surface area contributed by atoms with Gasteiger partial charge in [-0.3, -0.25) is 14.8 Å². The van der Waals surface area contributed by atoms with Gasteiger partial charge in [-0.05, 0) is 43.0 Å². The van der Waals surface area contributed by atoms with Crippen molar-refractivity contribution in [1.82, 2.24) is 15.7 Å². The van der Waals surface area contributed by atoms with Crippen molar-refractivity contribution in [3.05, 3.63) is 34.9 Å². The number of carbonyl (C=O) groups is 2. The zero-order chi connectivity index (χ0) is 26.1. The number of amides is 2. The maximum absolute atomic E-state index is 13.5. The van der Waals surface area contributed by atoms with Crippen LogP contribution in [0.3, 0.4) is 0 Å². The monoisotopic (exact) mass is 499 g/mol. The lowest BCUT2D eigenvalue weighted by atomic mass is 9.83. The minimum atomic E-state index is -5.07. The van der Waals surface area contributed by atoms with E-state index < -0.39 is 58.4 Å². The van der Waals surface area contributed by atoms with E-state index in [9.17, 15) is 41.0 Å². The van der Waals surface area contributed by atoms with Crippen LogP contribution in [-0.2, 0) is 27.5 Å². The number of nitrogens with zero attached hydrogens (tertiary/aromatic N) is 1. The lowest BCUT2D eigenvalue weighted by Crippen LogP contribution is -2.62. The third-order valence-electron chi connectivity index (χ3n) is 5.86. The summed E-state index contributed by atoms with van der Waals surface area (Å²) in [5.74, 6) is -3.69. The molecule has 1 aliphatic heterocycles. The molecule has 0 aliphatic carbocycles. The van der Waals surface area contributed by atoms with E-state index in [1.807, 2.05) is 0 Å². The van der Waals surface area contributed by atoms with Gasteiger partial charge in [-0.15, -0.1) is 0 Å². The van der Waals surface area contributed by atoms with Crippen LogP contribution in [0, 0.1) is 11.8 Å². The SMILES string of the molecule is CC(C)C[C@H](C(=O)N1CCNC[C@@]1(C)c1cc(C(F)(F)F)cc(C(F)(F)F)c1)[C@H](O)C(=O)NO. The molecule has 4 N–H and O–H groups in total. The zero-order valence-electron chi connectivity index (χ0n) is 18.7. The molecule has 1 aromatic rings. The molecule has 0 aromatic heterocycles. The van der Waals surface area contributed by atoms with Gasteiger partial charge in [0.15, 0.2) is 0 Å². The van der Waals surface area contributed by atoms with Crippen LogP contribution in [0.4, 0.5) is 26.3 Å². The molecule has 192 valence electrons. The Labute approximate surface area is 192 Å². The summed E-state index contributed by atoms with van der Waals surface area (Å²) in [7, 11) is 0. The van der Waals surface area contributed by atoms with Crippen molar-refractivity contribution < 1.29 is 46.2 Å². The first kappa shape index (κ1) is 27.9. The van der Waals surface area contributed by atoms with Crippen molar-refractivity contribution >= 4 is 11.8 Å². The number of rotatable bonds is 6. The first-order chi connectivity index (χ1) is 15.5. The van der Waals surface area contributed by atoms with Crippen molar-refractivity contribution in [2.24, 2.45) is 11.8 Å². The van der Waals surface area contributed by atoms with E-state index in [0.717, 1.165) is 4.90 Å². The predicted octanol–water partition coefficient (Wildman–Crippen LogP) is 2.90. The van der Waals surface area contributed by atoms with Gasteiger partial charge in [0.1, 0.15) is 6.10 Å². The van der Waals surface area contributed by atoms with Gasteiger partial charge >= 0.3 is 12.4 Å². The van der Waals surface area contributed by atoms with E-state index in [4.69, 9.17) is 5.21 Å². The van der Waals surface area contributed by atoms with Crippen LogP contribution in [-0.4, -0.2) is 52.8 Å². The highest BCUT2D eigenvalue weighted by Gasteiger charge is 2.46. The highest BCUT2D eigenvalue weighted by atomic mass is 19.4. The molecule has 1 fully saturated rings. The molecule has 0 spiro atoms. The summed E-state index contributed by atoms with van der Waals surface area (Å²) in [4.78, 5) is 26.4. The van der Waals surface area contributed by atoms with Crippen LogP contribution in [0.1, 0.15) is 43.9 Å². The number of nitrogens with one attached hydrogen (secondary N) is 2. The van der Waals surface area contributed by atoms with E-state index in [1.165, 1.54) is 12.4 Å². The van der Waals surface area contributed by atoms with Gasteiger partial charge in [0, 0.05) is 19.6 Å². The van der Waals surface area contributed by atoms with Crippen molar-refractivity contribution in [2.45, 2.75) is 51.2 Å². The second-order valence-electron chi connectivity index (χ2n) is 8.89. The van der Waals surface area contributed by atoms with E-state index in [1.54, 1.807) is 13.8 Å². The Morgan fingerprint density at radius 1 is 1.12 bits per heavy atom. The number of aliphatic hydroxyl groups excluding tert-OH is 1. The van der Waals surface area contributed by atoms with E-state index in [0.29, 0.717) is 12.1 Å². The average Bonchev–Trinajstić information content (AvgIpc) is 2.74. The third kappa shape index (κ3) is 5.99. The molecule has 0 saturated carbocycles. The molecule has 0 bridgehead atoms. The van der Waals surface area contributed by atoms with Gasteiger partial charge in [0.2, 0.25) is 5.91 Å². The number of piperazine rings is 1. The largest absolute Gasteiger partial charge is 0.416 e. The van der Waals surface area contributed by atoms with Gasteiger partial charge in [-0.2, -0.15) is 26.3 Å². The van der Waals surface area contributed by atoms with Crippen molar-refractivity contribution in [1.29, 1.82) is 0 Å². The molecule has 7 nitrogen and oxygen atoms in total. The summed E-state index contributed by atoms with van der Waals surface area (Å²) >= 11 is 0. The lowest BCUT2D eigenvalue weighted by Gasteiger charge is -2.47. The Balaban J connectivity index is 2.63. The molecule has 2 rings (SSSR count). The van der Waals surface area contributed by atoms with Gasteiger partial charge < -0.3 is 15.3 Å². The Morgan fingerprint density at radius 3 is 2.09 bits per heavy atom. The first-order valence-corrected chi connectivity index (χ1v) is 10.5. The smallest absolute Gasteiger partial charge is 0.382 e. The second-order valence-corrected chi connectivity index (χ2v) is 8.89. The molecule has 1 saturated heterocycles. The van der Waals surface area contributed by atoms with Crippen LogP contribution < -0.4 is 10.8 Å². The standard InChI is InChI=1S/C21H27F6N3O4/c1-11(2)6-15(16(31)17(32)29-34)18(33)30-5-4-28-10-19(30,3)12-7-13(20(22,23)24)9-14(8-12)21(25,26)27/h7-9,11,15-16,28,31,34H,4-6,10H2,1-3H3,(H,29,32)/t15-,16-,19-/m0/s1. The molecule has 0 radical (unpaired) electrons. The normalized spacial score (nSPS) is 21.4. The summed E-state index contributed by atoms with van der Waals surface area (Å²) < 4.78 is 80.5. The van der Waals surface area contributed by atoms with Gasteiger partial charge in [0.25, 0.3) is 5.91 Å². The number of benzene rings is 1. The number of hydrogen-bond donors (Lipinski definition) is 4. The van der Waals surface area contributed by atoms with Crippen LogP contribution in [0.5, 0.6) is 0 Å². The molecule has 13 heteroatoms. The van der Waals surface area contributed by atoms with E-state index in [-0.39, 0.29) is 38.0 Å². The van der Waals surface area contributed by atoms with Crippen LogP contribution in [0.25, 0.3) is 0 Å². The fourth-order valence-corrected chi connectivity index (χ4v) is 4.06. The van der Waals surface area contributed by atoms with E-state index >= 15 is 0 Å². The summed E-state index contributed by atoms with van der Waals surface area (Å²) in [6.45, 7) is 4.62. The molecule has 1 aliphatic rings. The predicted molar refractivity (Wildman–Crippen MR) is 107 cm³/mol. The van der Waals surface area contributed by atoms with Crippen molar-refractivity contribution in [3.63, 3.8) is 0 Å². The molecule has 3 atom stereocenters. The second kappa shape index (κ2) is 10.1. The Morgan fingerprint density at radius 2 is 1.65 bits per heavy atom. The molecule has 0 unspecified atom stereocenters. The summed E-state index contributed by atoms with van der Waals surface area (Å²) in [6, 6.07) is 1.14. The Bertz CT molecular complexity index is 873. The lowest BCUT2D eigenvalue weighted by molar-refractivity contribution is -0.156. The maximum atomic E-state index is 13.5. The molecular formula is C21H27F6N3O4. The van der Waals surface area contributed by atoms with Crippen LogP contribution in [0.15, 0.2) is 18.2 Å². The molecule has 1 aromatic carbocycles. The summed E-state index contributed by atoms with van der Waals surface area (Å²) in [5, 5.41) is 22.1. The number of carbonyl (C=O) groups excluding carboxylic acids is 2. The zero-order valence-corrected chi connectivity index (χ0v) is 18.7. The number of alkyl halides is 6. The summed E-state index contributed by atoms with van der Waals surface area (Å²) in [6.07, 6.45) is -12.1. The topological polar surface area (TPSA) is 102 Å². The van der Waals surface area contributed by atoms with Crippen LogP contribution in [0.2, 0.25) is 0 Å². The Hall–Kier alpha value is -2.38. The number of hydroxylamine groups is 1. The van der Waals surface area contributed by atoms with Gasteiger partial charge in [0.05, 0.1) is 22.6 Å². The minimum Gasteiger partial charge on any atom is -0.382 e. The molecule has 1 heterocycles. The highest BCUT2D eigenvalue weighted by Crippen LogP contribution is 2.41. The maximum Gasteiger partial charge on any atom is 0.416 e.